The largest absolute Gasteiger partial charge is 0.375 e. The SMILES string of the molecule is CC[C@@H](C)N(CC(=O)Nc1nccs1)C(=O)COC. The fourth-order valence-corrected chi connectivity index (χ4v) is 2.06. The molecule has 0 aromatic carbocycles. The number of thiazole rings is 1. The number of nitrogens with zero attached hydrogens (tertiary/aromatic N) is 2. The van der Waals surface area contributed by atoms with Gasteiger partial charge < -0.3 is 15.0 Å². The van der Waals surface area contributed by atoms with Crippen LogP contribution in [0, 0.1) is 0 Å². The second-order valence-electron chi connectivity index (χ2n) is 4.10. The van der Waals surface area contributed by atoms with Crippen LogP contribution < -0.4 is 5.32 Å². The number of ether oxygens (including phenoxy) is 1. The molecule has 1 heterocycles. The summed E-state index contributed by atoms with van der Waals surface area (Å²) in [6.45, 7) is 3.87. The second-order valence-corrected chi connectivity index (χ2v) is 4.99. The van der Waals surface area contributed by atoms with Crippen molar-refractivity contribution in [1.82, 2.24) is 9.88 Å². The Morgan fingerprint density at radius 3 is 2.84 bits per heavy atom. The highest BCUT2D eigenvalue weighted by Crippen LogP contribution is 2.11. The topological polar surface area (TPSA) is 71.5 Å². The first kappa shape index (κ1) is 15.6. The van der Waals surface area contributed by atoms with Crippen LogP contribution >= 0.6 is 11.3 Å². The molecule has 106 valence electrons. The minimum atomic E-state index is -0.250. The lowest BCUT2D eigenvalue weighted by atomic mass is 10.2. The van der Waals surface area contributed by atoms with Crippen LogP contribution in [0.5, 0.6) is 0 Å². The van der Waals surface area contributed by atoms with E-state index in [2.05, 4.69) is 10.3 Å². The molecule has 1 aromatic heterocycles. The molecular weight excluding hydrogens is 266 g/mol. The zero-order valence-electron chi connectivity index (χ0n) is 11.4. The molecule has 0 bridgehead atoms. The molecule has 0 saturated heterocycles. The average Bonchev–Trinajstić information content (AvgIpc) is 2.88. The Labute approximate surface area is 116 Å². The average molecular weight is 285 g/mol. The van der Waals surface area contributed by atoms with Crippen molar-refractivity contribution in [3.8, 4) is 0 Å². The molecule has 1 atom stereocenters. The van der Waals surface area contributed by atoms with Crippen LogP contribution in [0.4, 0.5) is 5.13 Å². The molecule has 1 rings (SSSR count). The van der Waals surface area contributed by atoms with Gasteiger partial charge in [-0.25, -0.2) is 4.98 Å². The number of hydrogen-bond donors (Lipinski definition) is 1. The summed E-state index contributed by atoms with van der Waals surface area (Å²) in [7, 11) is 1.46. The van der Waals surface area contributed by atoms with Crippen molar-refractivity contribution < 1.29 is 14.3 Å². The monoisotopic (exact) mass is 285 g/mol. The van der Waals surface area contributed by atoms with E-state index in [-0.39, 0.29) is 31.0 Å². The Bertz CT molecular complexity index is 408. The van der Waals surface area contributed by atoms with Crippen molar-refractivity contribution in [3.63, 3.8) is 0 Å². The third-order valence-corrected chi connectivity index (χ3v) is 3.39. The summed E-state index contributed by atoms with van der Waals surface area (Å²) in [5.74, 6) is -0.439. The van der Waals surface area contributed by atoms with E-state index < -0.39 is 0 Å². The third-order valence-electron chi connectivity index (χ3n) is 2.70. The van der Waals surface area contributed by atoms with Crippen LogP contribution in [-0.4, -0.2) is 48.0 Å². The van der Waals surface area contributed by atoms with E-state index in [4.69, 9.17) is 4.74 Å². The van der Waals surface area contributed by atoms with E-state index in [0.717, 1.165) is 6.42 Å². The lowest BCUT2D eigenvalue weighted by molar-refractivity contribution is -0.140. The molecule has 0 aliphatic heterocycles. The van der Waals surface area contributed by atoms with Crippen LogP contribution in [0.2, 0.25) is 0 Å². The van der Waals surface area contributed by atoms with Crippen molar-refractivity contribution in [3.05, 3.63) is 11.6 Å². The molecule has 2 amide bonds. The number of anilines is 1. The minimum Gasteiger partial charge on any atom is -0.375 e. The van der Waals surface area contributed by atoms with Gasteiger partial charge in [0.05, 0.1) is 0 Å². The number of nitrogens with one attached hydrogen (secondary N) is 1. The van der Waals surface area contributed by atoms with Gasteiger partial charge in [0, 0.05) is 24.7 Å². The molecule has 0 unspecified atom stereocenters. The quantitative estimate of drug-likeness (QED) is 0.821. The maximum Gasteiger partial charge on any atom is 0.249 e. The van der Waals surface area contributed by atoms with Crippen LogP contribution in [0.1, 0.15) is 20.3 Å². The standard InChI is InChI=1S/C12H19N3O3S/c1-4-9(2)15(11(17)8-18-3)7-10(16)14-12-13-5-6-19-12/h5-6,9H,4,7-8H2,1-3H3,(H,13,14,16)/t9-/m1/s1. The van der Waals surface area contributed by atoms with E-state index in [1.54, 1.807) is 11.6 Å². The molecule has 0 aliphatic rings. The maximum absolute atomic E-state index is 11.9. The van der Waals surface area contributed by atoms with Gasteiger partial charge in [-0.2, -0.15) is 0 Å². The molecule has 19 heavy (non-hydrogen) atoms. The molecule has 6 nitrogen and oxygen atoms in total. The Kier molecular flexibility index (Phi) is 6.44. The number of methoxy groups -OCH3 is 1. The molecule has 7 heteroatoms. The molecule has 0 radical (unpaired) electrons. The highest BCUT2D eigenvalue weighted by atomic mass is 32.1. The number of aromatic nitrogens is 1. The second kappa shape index (κ2) is 7.85. The van der Waals surface area contributed by atoms with E-state index in [0.29, 0.717) is 5.13 Å². The predicted molar refractivity (Wildman–Crippen MR) is 74.1 cm³/mol. The van der Waals surface area contributed by atoms with Gasteiger partial charge in [-0.3, -0.25) is 9.59 Å². The van der Waals surface area contributed by atoms with E-state index in [9.17, 15) is 9.59 Å². The summed E-state index contributed by atoms with van der Waals surface area (Å²) >= 11 is 1.34. The molecule has 0 aliphatic carbocycles. The summed E-state index contributed by atoms with van der Waals surface area (Å²) in [4.78, 5) is 29.2. The van der Waals surface area contributed by atoms with Gasteiger partial charge in [0.15, 0.2) is 5.13 Å². The van der Waals surface area contributed by atoms with Crippen LogP contribution in [0.3, 0.4) is 0 Å². The van der Waals surface area contributed by atoms with Crippen LogP contribution in [-0.2, 0) is 14.3 Å². The molecular formula is C12H19N3O3S. The van der Waals surface area contributed by atoms with Crippen molar-refractivity contribution in [1.29, 1.82) is 0 Å². The zero-order valence-corrected chi connectivity index (χ0v) is 12.2. The number of hydrogen-bond acceptors (Lipinski definition) is 5. The van der Waals surface area contributed by atoms with Crippen molar-refractivity contribution in [2.75, 3.05) is 25.6 Å². The van der Waals surface area contributed by atoms with Crippen molar-refractivity contribution in [2.45, 2.75) is 26.3 Å². The van der Waals surface area contributed by atoms with Gasteiger partial charge in [0.25, 0.3) is 0 Å². The lowest BCUT2D eigenvalue weighted by Crippen LogP contribution is -2.44. The number of carbonyl (C=O) groups is 2. The van der Waals surface area contributed by atoms with Gasteiger partial charge >= 0.3 is 0 Å². The minimum absolute atomic E-state index is 0.00954. The Balaban J connectivity index is 2.61. The van der Waals surface area contributed by atoms with Crippen LogP contribution in [0.15, 0.2) is 11.6 Å². The first-order chi connectivity index (χ1) is 9.08. The summed E-state index contributed by atoms with van der Waals surface area (Å²) in [6, 6.07) is -0.00954. The number of carbonyl (C=O) groups excluding carboxylic acids is 2. The van der Waals surface area contributed by atoms with Crippen molar-refractivity contribution >= 4 is 28.3 Å². The van der Waals surface area contributed by atoms with E-state index >= 15 is 0 Å². The molecule has 0 saturated carbocycles. The van der Waals surface area contributed by atoms with Gasteiger partial charge in [-0.1, -0.05) is 6.92 Å². The Morgan fingerprint density at radius 2 is 2.32 bits per heavy atom. The first-order valence-corrected chi connectivity index (χ1v) is 6.94. The molecule has 0 fully saturated rings. The molecule has 1 aromatic rings. The fraction of sp³-hybridized carbons (Fsp3) is 0.583. The number of amides is 2. The molecule has 1 N–H and O–H groups in total. The smallest absolute Gasteiger partial charge is 0.249 e. The fourth-order valence-electron chi connectivity index (χ4n) is 1.52. The summed E-state index contributed by atoms with van der Waals surface area (Å²) in [6.07, 6.45) is 2.39. The van der Waals surface area contributed by atoms with Gasteiger partial charge in [-0.15, -0.1) is 11.3 Å². The van der Waals surface area contributed by atoms with Crippen LogP contribution in [0.25, 0.3) is 0 Å². The third kappa shape index (κ3) is 4.96. The first-order valence-electron chi connectivity index (χ1n) is 6.06. The number of rotatable bonds is 7. The van der Waals surface area contributed by atoms with Gasteiger partial charge in [0.2, 0.25) is 11.8 Å². The highest BCUT2D eigenvalue weighted by molar-refractivity contribution is 7.13. The Hall–Kier alpha value is -1.47. The van der Waals surface area contributed by atoms with E-state index in [1.165, 1.54) is 23.3 Å². The summed E-state index contributed by atoms with van der Waals surface area (Å²) in [5.41, 5.74) is 0. The zero-order chi connectivity index (χ0) is 14.3. The summed E-state index contributed by atoms with van der Waals surface area (Å²) in [5, 5.41) is 4.97. The summed E-state index contributed by atoms with van der Waals surface area (Å²) < 4.78 is 4.83. The van der Waals surface area contributed by atoms with E-state index in [1.807, 2.05) is 13.8 Å². The maximum atomic E-state index is 11.9. The highest BCUT2D eigenvalue weighted by Gasteiger charge is 2.21. The predicted octanol–water partition coefficient (Wildman–Crippen LogP) is 1.36. The Morgan fingerprint density at radius 1 is 1.58 bits per heavy atom. The van der Waals surface area contributed by atoms with Gasteiger partial charge in [0.1, 0.15) is 13.2 Å². The lowest BCUT2D eigenvalue weighted by Gasteiger charge is -2.27. The van der Waals surface area contributed by atoms with Crippen molar-refractivity contribution in [2.24, 2.45) is 0 Å². The van der Waals surface area contributed by atoms with Gasteiger partial charge in [-0.05, 0) is 13.3 Å². The normalized spacial score (nSPS) is 11.9. The molecule has 0 spiro atoms.